The standard InChI is InChI=1S/C14H22N2O2S/c1-12(18)16-14-6-3-2-5-13(14)11-15-7-10-19-9-4-8-17/h2-3,5-6,15,17H,4,7-11H2,1H3,(H,16,18). The van der Waals surface area contributed by atoms with Crippen LogP contribution in [0.15, 0.2) is 24.3 Å². The Morgan fingerprint density at radius 1 is 1.32 bits per heavy atom. The van der Waals surface area contributed by atoms with E-state index in [1.165, 1.54) is 6.92 Å². The number of benzene rings is 1. The zero-order chi connectivity index (χ0) is 13.9. The number of anilines is 1. The van der Waals surface area contributed by atoms with Crippen LogP contribution in [-0.4, -0.2) is 35.7 Å². The maximum absolute atomic E-state index is 11.1. The predicted molar refractivity (Wildman–Crippen MR) is 81.5 cm³/mol. The highest BCUT2D eigenvalue weighted by Gasteiger charge is 2.02. The fourth-order valence-corrected chi connectivity index (χ4v) is 2.45. The first-order valence-corrected chi connectivity index (χ1v) is 7.64. The van der Waals surface area contributed by atoms with E-state index in [2.05, 4.69) is 10.6 Å². The summed E-state index contributed by atoms with van der Waals surface area (Å²) in [4.78, 5) is 11.1. The first-order valence-electron chi connectivity index (χ1n) is 6.49. The lowest BCUT2D eigenvalue weighted by atomic mass is 10.1. The molecule has 5 heteroatoms. The molecule has 0 fully saturated rings. The van der Waals surface area contributed by atoms with Crippen molar-refractivity contribution in [2.24, 2.45) is 0 Å². The van der Waals surface area contributed by atoms with Crippen molar-refractivity contribution < 1.29 is 9.90 Å². The molecule has 0 aliphatic heterocycles. The lowest BCUT2D eigenvalue weighted by Crippen LogP contribution is -2.18. The molecule has 3 N–H and O–H groups in total. The molecule has 0 aliphatic carbocycles. The Bertz CT molecular complexity index is 385. The Kier molecular flexibility index (Phi) is 8.29. The molecule has 1 amide bonds. The predicted octanol–water partition coefficient (Wildman–Crippen LogP) is 1.85. The average Bonchev–Trinajstić information content (AvgIpc) is 2.39. The minimum Gasteiger partial charge on any atom is -0.396 e. The van der Waals surface area contributed by atoms with Gasteiger partial charge >= 0.3 is 0 Å². The molecule has 0 saturated heterocycles. The molecule has 0 atom stereocenters. The summed E-state index contributed by atoms with van der Waals surface area (Å²) in [5.41, 5.74) is 1.97. The Morgan fingerprint density at radius 3 is 2.84 bits per heavy atom. The molecule has 0 heterocycles. The molecule has 4 nitrogen and oxygen atoms in total. The Labute approximate surface area is 119 Å². The Morgan fingerprint density at radius 2 is 2.11 bits per heavy atom. The summed E-state index contributed by atoms with van der Waals surface area (Å²) in [5.74, 6) is 1.98. The molecule has 19 heavy (non-hydrogen) atoms. The number of hydrogen-bond donors (Lipinski definition) is 3. The quantitative estimate of drug-likeness (QED) is 0.605. The molecular formula is C14H22N2O2S. The van der Waals surface area contributed by atoms with E-state index in [1.807, 2.05) is 36.0 Å². The second kappa shape index (κ2) is 9.83. The van der Waals surface area contributed by atoms with Crippen molar-refractivity contribution in [2.45, 2.75) is 19.9 Å². The maximum atomic E-state index is 11.1. The van der Waals surface area contributed by atoms with Gasteiger partial charge in [-0.3, -0.25) is 4.79 Å². The highest BCUT2D eigenvalue weighted by atomic mass is 32.2. The van der Waals surface area contributed by atoms with E-state index in [9.17, 15) is 4.79 Å². The van der Waals surface area contributed by atoms with Crippen LogP contribution in [0, 0.1) is 0 Å². The van der Waals surface area contributed by atoms with E-state index in [-0.39, 0.29) is 12.5 Å². The molecule has 0 aromatic heterocycles. The number of nitrogens with one attached hydrogen (secondary N) is 2. The third kappa shape index (κ3) is 7.20. The Hall–Kier alpha value is -1.04. The van der Waals surface area contributed by atoms with Crippen molar-refractivity contribution in [1.29, 1.82) is 0 Å². The van der Waals surface area contributed by atoms with Gasteiger partial charge < -0.3 is 15.7 Å². The van der Waals surface area contributed by atoms with Crippen LogP contribution in [0.2, 0.25) is 0 Å². The first-order chi connectivity index (χ1) is 9.24. The zero-order valence-electron chi connectivity index (χ0n) is 11.3. The largest absolute Gasteiger partial charge is 0.396 e. The molecule has 0 radical (unpaired) electrons. The Balaban J connectivity index is 2.26. The summed E-state index contributed by atoms with van der Waals surface area (Å²) in [6, 6.07) is 7.81. The van der Waals surface area contributed by atoms with Crippen LogP contribution < -0.4 is 10.6 Å². The second-order valence-corrected chi connectivity index (χ2v) is 5.43. The van der Waals surface area contributed by atoms with Gasteiger partial charge in [0.25, 0.3) is 0 Å². The molecule has 1 rings (SSSR count). The van der Waals surface area contributed by atoms with E-state index in [4.69, 9.17) is 5.11 Å². The summed E-state index contributed by atoms with van der Waals surface area (Å²) >= 11 is 1.84. The van der Waals surface area contributed by atoms with Gasteiger partial charge in [0.2, 0.25) is 5.91 Å². The van der Waals surface area contributed by atoms with Crippen molar-refractivity contribution in [2.75, 3.05) is 30.0 Å². The van der Waals surface area contributed by atoms with Gasteiger partial charge in [0.1, 0.15) is 0 Å². The SMILES string of the molecule is CC(=O)Nc1ccccc1CNCCSCCCO. The molecule has 0 unspecified atom stereocenters. The van der Waals surface area contributed by atoms with Gasteiger partial charge in [-0.25, -0.2) is 0 Å². The molecule has 0 saturated carbocycles. The van der Waals surface area contributed by atoms with Gasteiger partial charge in [0.15, 0.2) is 0 Å². The monoisotopic (exact) mass is 282 g/mol. The van der Waals surface area contributed by atoms with Crippen LogP contribution in [0.4, 0.5) is 5.69 Å². The van der Waals surface area contributed by atoms with Gasteiger partial charge in [-0.2, -0.15) is 11.8 Å². The number of amides is 1. The minimum atomic E-state index is -0.0491. The van der Waals surface area contributed by atoms with E-state index in [1.54, 1.807) is 0 Å². The molecule has 1 aromatic rings. The van der Waals surface area contributed by atoms with Crippen LogP contribution >= 0.6 is 11.8 Å². The molecule has 0 bridgehead atoms. The van der Waals surface area contributed by atoms with E-state index < -0.39 is 0 Å². The number of thioether (sulfide) groups is 1. The maximum Gasteiger partial charge on any atom is 0.221 e. The molecule has 1 aromatic carbocycles. The summed E-state index contributed by atoms with van der Waals surface area (Å²) < 4.78 is 0. The summed E-state index contributed by atoms with van der Waals surface area (Å²) in [6.07, 6.45) is 0.857. The summed E-state index contributed by atoms with van der Waals surface area (Å²) in [5, 5.41) is 14.8. The summed E-state index contributed by atoms with van der Waals surface area (Å²) in [7, 11) is 0. The molecular weight excluding hydrogens is 260 g/mol. The number of aliphatic hydroxyl groups excluding tert-OH is 1. The van der Waals surface area contributed by atoms with Crippen molar-refractivity contribution in [1.82, 2.24) is 5.32 Å². The summed E-state index contributed by atoms with van der Waals surface area (Å²) in [6.45, 7) is 3.45. The van der Waals surface area contributed by atoms with Crippen LogP contribution in [-0.2, 0) is 11.3 Å². The van der Waals surface area contributed by atoms with Gasteiger partial charge in [0.05, 0.1) is 0 Å². The molecule has 0 aliphatic rings. The number of carbonyl (C=O) groups is 1. The number of rotatable bonds is 9. The van der Waals surface area contributed by atoms with Crippen LogP contribution in [0.1, 0.15) is 18.9 Å². The smallest absolute Gasteiger partial charge is 0.221 e. The van der Waals surface area contributed by atoms with Gasteiger partial charge in [-0.15, -0.1) is 0 Å². The van der Waals surface area contributed by atoms with Gasteiger partial charge in [-0.1, -0.05) is 18.2 Å². The molecule has 106 valence electrons. The lowest BCUT2D eigenvalue weighted by Gasteiger charge is -2.10. The van der Waals surface area contributed by atoms with Crippen molar-refractivity contribution in [3.8, 4) is 0 Å². The highest BCUT2D eigenvalue weighted by molar-refractivity contribution is 7.99. The zero-order valence-corrected chi connectivity index (χ0v) is 12.1. The minimum absolute atomic E-state index is 0.0491. The van der Waals surface area contributed by atoms with Crippen molar-refractivity contribution in [3.05, 3.63) is 29.8 Å². The van der Waals surface area contributed by atoms with Gasteiger partial charge in [-0.05, 0) is 23.8 Å². The highest BCUT2D eigenvalue weighted by Crippen LogP contribution is 2.14. The number of carbonyl (C=O) groups excluding carboxylic acids is 1. The van der Waals surface area contributed by atoms with E-state index in [0.29, 0.717) is 0 Å². The van der Waals surface area contributed by atoms with Crippen LogP contribution in [0.3, 0.4) is 0 Å². The van der Waals surface area contributed by atoms with Crippen LogP contribution in [0.5, 0.6) is 0 Å². The number of aliphatic hydroxyl groups is 1. The third-order valence-electron chi connectivity index (χ3n) is 2.51. The van der Waals surface area contributed by atoms with Crippen molar-refractivity contribution >= 4 is 23.4 Å². The van der Waals surface area contributed by atoms with Crippen molar-refractivity contribution in [3.63, 3.8) is 0 Å². The first kappa shape index (κ1) is 16.0. The fraction of sp³-hybridized carbons (Fsp3) is 0.500. The fourth-order valence-electron chi connectivity index (χ4n) is 1.62. The van der Waals surface area contributed by atoms with E-state index in [0.717, 1.165) is 42.3 Å². The third-order valence-corrected chi connectivity index (χ3v) is 3.58. The normalized spacial score (nSPS) is 10.4. The topological polar surface area (TPSA) is 61.4 Å². The lowest BCUT2D eigenvalue weighted by molar-refractivity contribution is -0.114. The van der Waals surface area contributed by atoms with Gasteiger partial charge in [0, 0.05) is 38.1 Å². The van der Waals surface area contributed by atoms with Crippen LogP contribution in [0.25, 0.3) is 0 Å². The second-order valence-electron chi connectivity index (χ2n) is 4.20. The van der Waals surface area contributed by atoms with E-state index >= 15 is 0 Å². The molecule has 0 spiro atoms. The number of hydrogen-bond acceptors (Lipinski definition) is 4. The average molecular weight is 282 g/mol. The number of para-hydroxylation sites is 1.